The predicted octanol–water partition coefficient (Wildman–Crippen LogP) is 2.52. The van der Waals surface area contributed by atoms with Crippen LogP contribution in [0.1, 0.15) is 23.2 Å². The number of hydroxylamine groups is 2. The highest BCUT2D eigenvalue weighted by molar-refractivity contribution is 5.94. The van der Waals surface area contributed by atoms with E-state index in [1.165, 1.54) is 24.3 Å². The van der Waals surface area contributed by atoms with Gasteiger partial charge in [0.25, 0.3) is 5.91 Å². The van der Waals surface area contributed by atoms with E-state index in [1.807, 2.05) is 0 Å². The molecule has 0 aliphatic carbocycles. The van der Waals surface area contributed by atoms with Crippen LogP contribution in [0.25, 0.3) is 0 Å². The van der Waals surface area contributed by atoms with Gasteiger partial charge in [-0.2, -0.15) is 18.2 Å². The fraction of sp³-hybridized carbons (Fsp3) is 0.444. The molecule has 1 aromatic rings. The molecule has 29 heavy (non-hydrogen) atoms. The Balaban J connectivity index is 2.13. The lowest BCUT2D eigenvalue weighted by molar-refractivity contribution is -0.237. The van der Waals surface area contributed by atoms with Gasteiger partial charge in [-0.25, -0.2) is 9.18 Å². The number of hydrogen-bond acceptors (Lipinski definition) is 6. The van der Waals surface area contributed by atoms with Crippen molar-refractivity contribution in [2.45, 2.75) is 25.1 Å². The van der Waals surface area contributed by atoms with Crippen LogP contribution in [0.15, 0.2) is 36.2 Å². The molecular formula is C18H20F4N2O5. The van der Waals surface area contributed by atoms with Gasteiger partial charge in [-0.15, -0.1) is 0 Å². The molecule has 0 atom stereocenters. The van der Waals surface area contributed by atoms with E-state index in [0.717, 1.165) is 0 Å². The second kappa shape index (κ2) is 10.2. The van der Waals surface area contributed by atoms with Crippen LogP contribution in [0.5, 0.6) is 5.75 Å². The van der Waals surface area contributed by atoms with E-state index in [1.54, 1.807) is 0 Å². The minimum Gasteiger partial charge on any atom is -0.489 e. The Morgan fingerprint density at radius 2 is 1.83 bits per heavy atom. The van der Waals surface area contributed by atoms with Crippen molar-refractivity contribution in [2.75, 3.05) is 26.4 Å². The molecule has 1 aliphatic rings. The van der Waals surface area contributed by atoms with E-state index in [4.69, 9.17) is 15.2 Å². The molecule has 11 heteroatoms. The summed E-state index contributed by atoms with van der Waals surface area (Å²) in [4.78, 5) is 28.4. The second-order valence-electron chi connectivity index (χ2n) is 6.14. The number of carbonyl (C=O) groups excluding carboxylic acids is 2. The van der Waals surface area contributed by atoms with E-state index in [9.17, 15) is 27.2 Å². The molecule has 0 unspecified atom stereocenters. The van der Waals surface area contributed by atoms with Crippen LogP contribution in [0.4, 0.5) is 17.6 Å². The lowest BCUT2D eigenvalue weighted by Crippen LogP contribution is -2.46. The zero-order chi connectivity index (χ0) is 21.4. The summed E-state index contributed by atoms with van der Waals surface area (Å²) in [5, 5.41) is 0.451. The van der Waals surface area contributed by atoms with Gasteiger partial charge in [0.15, 0.2) is 0 Å². The monoisotopic (exact) mass is 420 g/mol. The Labute approximate surface area is 163 Å². The normalized spacial score (nSPS) is 15.7. The molecule has 1 amide bonds. The summed E-state index contributed by atoms with van der Waals surface area (Å²) in [7, 11) is 0. The average molecular weight is 420 g/mol. The second-order valence-corrected chi connectivity index (χ2v) is 6.14. The Hall–Kier alpha value is -2.66. The van der Waals surface area contributed by atoms with Gasteiger partial charge >= 0.3 is 12.1 Å². The SMILES string of the molecule is NC/C(=C/F)COc1ccc(C(=O)N(OC(=O)C(F)(F)F)C2CCOCC2)cc1. The first-order valence-corrected chi connectivity index (χ1v) is 8.67. The molecule has 1 aromatic carbocycles. The highest BCUT2D eigenvalue weighted by Crippen LogP contribution is 2.24. The van der Waals surface area contributed by atoms with Crippen molar-refractivity contribution in [3.63, 3.8) is 0 Å². The summed E-state index contributed by atoms with van der Waals surface area (Å²) in [5.41, 5.74) is 5.52. The number of amides is 1. The molecule has 1 fully saturated rings. The van der Waals surface area contributed by atoms with E-state index in [0.29, 0.717) is 17.1 Å². The molecule has 1 heterocycles. The summed E-state index contributed by atoms with van der Waals surface area (Å²) < 4.78 is 60.7. The van der Waals surface area contributed by atoms with Crippen molar-refractivity contribution in [3.05, 3.63) is 41.7 Å². The van der Waals surface area contributed by atoms with Crippen molar-refractivity contribution in [2.24, 2.45) is 5.73 Å². The highest BCUT2D eigenvalue weighted by atomic mass is 19.4. The van der Waals surface area contributed by atoms with E-state index < -0.39 is 24.1 Å². The van der Waals surface area contributed by atoms with Crippen LogP contribution >= 0.6 is 0 Å². The van der Waals surface area contributed by atoms with Crippen molar-refractivity contribution in [1.82, 2.24) is 5.06 Å². The summed E-state index contributed by atoms with van der Waals surface area (Å²) in [5.74, 6) is -3.10. The third-order valence-corrected chi connectivity index (χ3v) is 4.08. The molecule has 0 radical (unpaired) electrons. The van der Waals surface area contributed by atoms with Gasteiger partial charge in [0.1, 0.15) is 12.4 Å². The van der Waals surface area contributed by atoms with Crippen LogP contribution in [-0.2, 0) is 14.4 Å². The first-order chi connectivity index (χ1) is 13.8. The summed E-state index contributed by atoms with van der Waals surface area (Å²) in [6.45, 7) is 0.308. The van der Waals surface area contributed by atoms with Crippen molar-refractivity contribution < 1.29 is 41.5 Å². The van der Waals surface area contributed by atoms with E-state index >= 15 is 0 Å². The summed E-state index contributed by atoms with van der Waals surface area (Å²) in [6.07, 6.45) is -4.48. The lowest BCUT2D eigenvalue weighted by atomic mass is 10.1. The number of hydrogen-bond donors (Lipinski definition) is 1. The Kier molecular flexibility index (Phi) is 7.97. The van der Waals surface area contributed by atoms with Gasteiger partial charge in [0.05, 0.1) is 12.4 Å². The van der Waals surface area contributed by atoms with Crippen LogP contribution in [0.3, 0.4) is 0 Å². The maximum Gasteiger partial charge on any atom is 0.493 e. The van der Waals surface area contributed by atoms with Crippen molar-refractivity contribution in [3.8, 4) is 5.75 Å². The van der Waals surface area contributed by atoms with Gasteiger partial charge < -0.3 is 20.0 Å². The summed E-state index contributed by atoms with van der Waals surface area (Å²) in [6, 6.07) is 4.61. The van der Waals surface area contributed by atoms with Gasteiger partial charge in [-0.05, 0) is 37.1 Å². The largest absolute Gasteiger partial charge is 0.493 e. The van der Waals surface area contributed by atoms with Crippen LogP contribution in [0.2, 0.25) is 0 Å². The molecule has 1 saturated heterocycles. The molecule has 2 N–H and O–H groups in total. The van der Waals surface area contributed by atoms with E-state index in [2.05, 4.69) is 4.84 Å². The lowest BCUT2D eigenvalue weighted by Gasteiger charge is -2.32. The zero-order valence-corrected chi connectivity index (χ0v) is 15.3. The summed E-state index contributed by atoms with van der Waals surface area (Å²) >= 11 is 0. The van der Waals surface area contributed by atoms with Gasteiger partial charge in [0, 0.05) is 30.9 Å². The van der Waals surface area contributed by atoms with Gasteiger partial charge in [0.2, 0.25) is 0 Å². The molecular weight excluding hydrogens is 400 g/mol. The highest BCUT2D eigenvalue weighted by Gasteiger charge is 2.44. The number of ether oxygens (including phenoxy) is 2. The minimum absolute atomic E-state index is 0.0149. The molecule has 2 rings (SSSR count). The van der Waals surface area contributed by atoms with Crippen LogP contribution < -0.4 is 10.5 Å². The number of alkyl halides is 3. The molecule has 0 bridgehead atoms. The predicted molar refractivity (Wildman–Crippen MR) is 92.3 cm³/mol. The third kappa shape index (κ3) is 6.43. The topological polar surface area (TPSA) is 91.1 Å². The van der Waals surface area contributed by atoms with Crippen molar-refractivity contribution in [1.29, 1.82) is 0 Å². The fourth-order valence-corrected chi connectivity index (χ4v) is 2.47. The number of nitrogens with zero attached hydrogens (tertiary/aromatic N) is 1. The Morgan fingerprint density at radius 1 is 1.21 bits per heavy atom. The number of carbonyl (C=O) groups is 2. The van der Waals surface area contributed by atoms with Crippen LogP contribution in [-0.4, -0.2) is 55.5 Å². The maximum absolute atomic E-state index is 12.7. The zero-order valence-electron chi connectivity index (χ0n) is 15.3. The third-order valence-electron chi connectivity index (χ3n) is 4.08. The number of halogens is 4. The molecule has 0 aromatic heterocycles. The molecule has 1 aliphatic heterocycles. The smallest absolute Gasteiger partial charge is 0.489 e. The average Bonchev–Trinajstić information content (AvgIpc) is 2.72. The van der Waals surface area contributed by atoms with Gasteiger partial charge in [-0.1, -0.05) is 0 Å². The van der Waals surface area contributed by atoms with Gasteiger partial charge in [-0.3, -0.25) is 4.79 Å². The number of rotatable bonds is 6. The first kappa shape index (κ1) is 22.6. The number of nitrogens with two attached hydrogens (primary N) is 1. The number of benzene rings is 1. The Bertz CT molecular complexity index is 731. The quantitative estimate of drug-likeness (QED) is 0.562. The van der Waals surface area contributed by atoms with E-state index in [-0.39, 0.29) is 50.3 Å². The molecule has 0 saturated carbocycles. The van der Waals surface area contributed by atoms with Crippen molar-refractivity contribution >= 4 is 11.9 Å². The van der Waals surface area contributed by atoms with Crippen LogP contribution in [0, 0.1) is 0 Å². The molecule has 7 nitrogen and oxygen atoms in total. The Morgan fingerprint density at radius 3 is 2.34 bits per heavy atom. The minimum atomic E-state index is -5.24. The fourth-order valence-electron chi connectivity index (χ4n) is 2.47. The molecule has 160 valence electrons. The first-order valence-electron chi connectivity index (χ1n) is 8.67. The molecule has 0 spiro atoms. The standard InChI is InChI=1S/C18H20F4N2O5/c19-9-12(10-23)11-28-15-3-1-13(2-4-15)16(25)24(14-5-7-27-8-6-14)29-17(26)18(20,21)22/h1-4,9,14H,5-8,10-11,23H2/b12-9-. The maximum atomic E-state index is 12.7.